The minimum absolute atomic E-state index is 0.463. The summed E-state index contributed by atoms with van der Waals surface area (Å²) >= 11 is 0. The van der Waals surface area contributed by atoms with Crippen LogP contribution in [-0.2, 0) is 12.8 Å². The molecule has 0 saturated heterocycles. The maximum absolute atomic E-state index is 4.74. The molecule has 0 spiro atoms. The summed E-state index contributed by atoms with van der Waals surface area (Å²) in [5.74, 6) is 2.26. The molecule has 3 aromatic carbocycles. The van der Waals surface area contributed by atoms with E-state index in [4.69, 9.17) is 9.97 Å². The first-order valence-electron chi connectivity index (χ1n) is 12.3. The van der Waals surface area contributed by atoms with Gasteiger partial charge in [0.2, 0.25) is 0 Å². The van der Waals surface area contributed by atoms with Crippen LogP contribution in [0.15, 0.2) is 79.1 Å². The molecule has 1 aliphatic rings. The highest BCUT2D eigenvalue weighted by molar-refractivity contribution is 5.84. The molecular weight excluding hydrogens is 416 g/mol. The Morgan fingerprint density at radius 2 is 1.38 bits per heavy atom. The van der Waals surface area contributed by atoms with E-state index in [0.29, 0.717) is 12.6 Å². The van der Waals surface area contributed by atoms with Gasteiger partial charge in [-0.05, 0) is 70.8 Å². The van der Waals surface area contributed by atoms with Crippen molar-refractivity contribution >= 4 is 23.0 Å². The minimum atomic E-state index is 0.463. The van der Waals surface area contributed by atoms with Crippen molar-refractivity contribution in [1.82, 2.24) is 9.97 Å². The minimum Gasteiger partial charge on any atom is -0.305 e. The van der Waals surface area contributed by atoms with Crippen molar-refractivity contribution < 1.29 is 0 Å². The van der Waals surface area contributed by atoms with Gasteiger partial charge in [-0.1, -0.05) is 70.2 Å². The van der Waals surface area contributed by atoms with E-state index in [0.717, 1.165) is 35.9 Å². The molecule has 0 saturated carbocycles. The first kappa shape index (κ1) is 22.1. The van der Waals surface area contributed by atoms with Crippen molar-refractivity contribution in [1.29, 1.82) is 0 Å². The second-order valence-corrected chi connectivity index (χ2v) is 9.16. The average Bonchev–Trinajstić information content (AvgIpc) is 3.28. The average molecular weight is 449 g/mol. The normalized spacial score (nSPS) is 13.0. The number of hydrogen-bond acceptors (Lipinski definition) is 4. The highest BCUT2D eigenvalue weighted by Gasteiger charge is 2.31. The van der Waals surface area contributed by atoms with Gasteiger partial charge in [-0.2, -0.15) is 0 Å². The van der Waals surface area contributed by atoms with Crippen LogP contribution in [0.4, 0.5) is 23.0 Å². The maximum Gasteiger partial charge on any atom is 0.178 e. The van der Waals surface area contributed by atoms with Crippen LogP contribution in [0.25, 0.3) is 11.1 Å². The Morgan fingerprint density at radius 3 is 2.03 bits per heavy atom. The van der Waals surface area contributed by atoms with Crippen LogP contribution >= 0.6 is 0 Å². The molecule has 1 aliphatic heterocycles. The van der Waals surface area contributed by atoms with E-state index < -0.39 is 0 Å². The highest BCUT2D eigenvalue weighted by atomic mass is 15.4. The summed E-state index contributed by atoms with van der Waals surface area (Å²) in [5, 5.41) is 0. The van der Waals surface area contributed by atoms with E-state index in [1.807, 2.05) is 0 Å². The monoisotopic (exact) mass is 448 g/mol. The van der Waals surface area contributed by atoms with Gasteiger partial charge in [-0.3, -0.25) is 0 Å². The summed E-state index contributed by atoms with van der Waals surface area (Å²) in [6.45, 7) is 9.63. The summed E-state index contributed by atoms with van der Waals surface area (Å²) in [7, 11) is 0. The number of aryl methyl sites for hydroxylation is 2. The highest BCUT2D eigenvalue weighted by Crippen LogP contribution is 2.43. The summed E-state index contributed by atoms with van der Waals surface area (Å²) in [4.78, 5) is 14.0. The summed E-state index contributed by atoms with van der Waals surface area (Å²) < 4.78 is 0. The quantitative estimate of drug-likeness (QED) is 0.303. The summed E-state index contributed by atoms with van der Waals surface area (Å²) in [6.07, 6.45) is 5.59. The third-order valence-electron chi connectivity index (χ3n) is 6.77. The van der Waals surface area contributed by atoms with E-state index >= 15 is 0 Å². The lowest BCUT2D eigenvalue weighted by molar-refractivity contribution is 0.868. The largest absolute Gasteiger partial charge is 0.305 e. The fourth-order valence-electron chi connectivity index (χ4n) is 4.84. The first-order chi connectivity index (χ1) is 16.6. The van der Waals surface area contributed by atoms with Gasteiger partial charge in [0, 0.05) is 23.8 Å². The zero-order chi connectivity index (χ0) is 23.7. The van der Waals surface area contributed by atoms with Crippen molar-refractivity contribution in [2.45, 2.75) is 46.5 Å². The number of anilines is 4. The van der Waals surface area contributed by atoms with Crippen molar-refractivity contribution in [2.75, 3.05) is 16.5 Å². The molecule has 0 unspecified atom stereocenters. The van der Waals surface area contributed by atoms with Gasteiger partial charge < -0.3 is 9.80 Å². The zero-order valence-electron chi connectivity index (χ0n) is 20.5. The number of rotatable bonds is 6. The SMILES string of the molecule is CCc1ccc(N2CN(c3ccc(CC)c(-c4ccccc4C(C)C)c3)c3nccnc32)cc1. The predicted molar refractivity (Wildman–Crippen MR) is 142 cm³/mol. The Hall–Kier alpha value is -3.66. The van der Waals surface area contributed by atoms with Gasteiger partial charge in [-0.25, -0.2) is 9.97 Å². The molecule has 4 heteroatoms. The molecule has 5 rings (SSSR count). The standard InChI is InChI=1S/C30H32N4/c1-5-22-11-14-24(15-12-22)33-20-34(30-29(33)31-17-18-32-30)25-16-13-23(6-2)28(19-25)27-10-8-7-9-26(27)21(3)4/h7-19,21H,5-6,20H2,1-4H3. The smallest absolute Gasteiger partial charge is 0.178 e. The number of aromatic nitrogens is 2. The van der Waals surface area contributed by atoms with Crippen LogP contribution in [0.2, 0.25) is 0 Å². The molecule has 0 N–H and O–H groups in total. The molecule has 4 aromatic rings. The molecule has 34 heavy (non-hydrogen) atoms. The fourth-order valence-corrected chi connectivity index (χ4v) is 4.84. The van der Waals surface area contributed by atoms with Gasteiger partial charge in [0.05, 0.1) is 0 Å². The second kappa shape index (κ2) is 9.30. The van der Waals surface area contributed by atoms with Crippen molar-refractivity contribution in [3.63, 3.8) is 0 Å². The van der Waals surface area contributed by atoms with Crippen molar-refractivity contribution in [3.8, 4) is 11.1 Å². The lowest BCUT2D eigenvalue weighted by Crippen LogP contribution is -2.24. The molecule has 0 atom stereocenters. The third kappa shape index (κ3) is 3.94. The number of benzene rings is 3. The van der Waals surface area contributed by atoms with Gasteiger partial charge in [-0.15, -0.1) is 0 Å². The lowest BCUT2D eigenvalue weighted by Gasteiger charge is -2.23. The topological polar surface area (TPSA) is 32.3 Å². The molecule has 4 nitrogen and oxygen atoms in total. The maximum atomic E-state index is 4.74. The Kier molecular flexibility index (Phi) is 6.06. The predicted octanol–water partition coefficient (Wildman–Crippen LogP) is 7.64. The second-order valence-electron chi connectivity index (χ2n) is 9.16. The van der Waals surface area contributed by atoms with Crippen LogP contribution in [-0.4, -0.2) is 16.6 Å². The Bertz CT molecular complexity index is 1290. The molecule has 0 aliphatic carbocycles. The van der Waals surface area contributed by atoms with E-state index in [-0.39, 0.29) is 0 Å². The molecular formula is C30H32N4. The lowest BCUT2D eigenvalue weighted by atomic mass is 9.89. The van der Waals surface area contributed by atoms with Crippen LogP contribution in [0.5, 0.6) is 0 Å². The van der Waals surface area contributed by atoms with Crippen LogP contribution in [0.1, 0.15) is 50.3 Å². The van der Waals surface area contributed by atoms with Gasteiger partial charge in [0.25, 0.3) is 0 Å². The van der Waals surface area contributed by atoms with Crippen molar-refractivity contribution in [3.05, 3.63) is 95.8 Å². The Morgan fingerprint density at radius 1 is 0.735 bits per heavy atom. The molecule has 0 amide bonds. The molecule has 0 fully saturated rings. The Labute approximate surface area is 202 Å². The number of fused-ring (bicyclic) bond motifs is 1. The molecule has 1 aromatic heterocycles. The van der Waals surface area contributed by atoms with E-state index in [2.05, 4.69) is 104 Å². The van der Waals surface area contributed by atoms with E-state index in [9.17, 15) is 0 Å². The zero-order valence-corrected chi connectivity index (χ0v) is 20.5. The van der Waals surface area contributed by atoms with Crippen LogP contribution in [0, 0.1) is 0 Å². The van der Waals surface area contributed by atoms with Gasteiger partial charge in [0.1, 0.15) is 6.67 Å². The summed E-state index contributed by atoms with van der Waals surface area (Å²) in [5.41, 5.74) is 8.98. The van der Waals surface area contributed by atoms with Crippen LogP contribution < -0.4 is 9.80 Å². The molecule has 2 heterocycles. The van der Waals surface area contributed by atoms with Crippen molar-refractivity contribution in [2.24, 2.45) is 0 Å². The fraction of sp³-hybridized carbons (Fsp3) is 0.267. The van der Waals surface area contributed by atoms with Crippen LogP contribution in [0.3, 0.4) is 0 Å². The molecule has 0 bridgehead atoms. The first-order valence-corrected chi connectivity index (χ1v) is 12.3. The molecule has 0 radical (unpaired) electrons. The van der Waals surface area contributed by atoms with Gasteiger partial charge >= 0.3 is 0 Å². The summed E-state index contributed by atoms with van der Waals surface area (Å²) in [6, 6.07) is 24.4. The van der Waals surface area contributed by atoms with E-state index in [1.54, 1.807) is 12.4 Å². The van der Waals surface area contributed by atoms with E-state index in [1.165, 1.54) is 27.8 Å². The molecule has 172 valence electrons. The van der Waals surface area contributed by atoms with Gasteiger partial charge in [0.15, 0.2) is 11.6 Å². The Balaban J connectivity index is 1.59. The number of nitrogens with zero attached hydrogens (tertiary/aromatic N) is 4. The number of hydrogen-bond donors (Lipinski definition) is 0. The third-order valence-corrected chi connectivity index (χ3v) is 6.77.